The molecule has 1 aromatic heterocycles. The molecular weight excluding hydrogens is 458 g/mol. The Labute approximate surface area is 211 Å². The third kappa shape index (κ3) is 6.23. The molecule has 0 spiro atoms. The first-order valence-corrected chi connectivity index (χ1v) is 12.4. The molecule has 2 aromatic rings. The lowest BCUT2D eigenvalue weighted by Gasteiger charge is -2.37. The molecular formula is C28H33N3O5. The topological polar surface area (TPSA) is 103 Å². The van der Waals surface area contributed by atoms with Crippen LogP contribution in [0.25, 0.3) is 0 Å². The summed E-state index contributed by atoms with van der Waals surface area (Å²) in [5.41, 5.74) is 2.17. The molecule has 3 atom stereocenters. The van der Waals surface area contributed by atoms with Gasteiger partial charge >= 0.3 is 5.97 Å². The first-order chi connectivity index (χ1) is 17.2. The van der Waals surface area contributed by atoms with Gasteiger partial charge < -0.3 is 19.8 Å². The summed E-state index contributed by atoms with van der Waals surface area (Å²) in [7, 11) is 1.95. The number of carboxylic acid groups (broad SMARTS) is 1. The van der Waals surface area contributed by atoms with E-state index in [1.54, 1.807) is 35.4 Å². The van der Waals surface area contributed by atoms with Crippen molar-refractivity contribution in [1.82, 2.24) is 14.8 Å². The molecule has 2 heterocycles. The van der Waals surface area contributed by atoms with Crippen molar-refractivity contribution in [1.29, 1.82) is 0 Å². The van der Waals surface area contributed by atoms with Crippen molar-refractivity contribution in [3.8, 4) is 17.7 Å². The lowest BCUT2D eigenvalue weighted by atomic mass is 9.99. The molecule has 0 unspecified atom stereocenters. The molecule has 8 nitrogen and oxygen atoms in total. The average molecular weight is 492 g/mol. The fourth-order valence-electron chi connectivity index (χ4n) is 4.29. The van der Waals surface area contributed by atoms with E-state index >= 15 is 0 Å². The van der Waals surface area contributed by atoms with Gasteiger partial charge in [-0.15, -0.1) is 0 Å². The van der Waals surface area contributed by atoms with Gasteiger partial charge in [0.2, 0.25) is 5.88 Å². The third-order valence-electron chi connectivity index (χ3n) is 6.64. The SMILES string of the molecule is C[C@@H]1CN([C@H](C)CO)C(=O)c2cc(C#CC3CC3)cnc2O[C@@H]1CN(C)Cc1cccc(C(=O)O)c1. The summed E-state index contributed by atoms with van der Waals surface area (Å²) in [4.78, 5) is 33.0. The molecule has 1 saturated carbocycles. The van der Waals surface area contributed by atoms with Crippen molar-refractivity contribution in [3.05, 3.63) is 58.8 Å². The van der Waals surface area contributed by atoms with E-state index in [-0.39, 0.29) is 42.0 Å². The van der Waals surface area contributed by atoms with Gasteiger partial charge in [-0.05, 0) is 50.6 Å². The second-order valence-corrected chi connectivity index (χ2v) is 9.95. The normalized spacial score (nSPS) is 20.5. The number of amides is 1. The van der Waals surface area contributed by atoms with Crippen molar-refractivity contribution >= 4 is 11.9 Å². The van der Waals surface area contributed by atoms with Gasteiger partial charge in [0.15, 0.2) is 0 Å². The smallest absolute Gasteiger partial charge is 0.335 e. The zero-order valence-corrected chi connectivity index (χ0v) is 21.0. The number of hydrogen-bond donors (Lipinski definition) is 2. The molecule has 8 heteroatoms. The van der Waals surface area contributed by atoms with E-state index < -0.39 is 5.97 Å². The number of hydrogen-bond acceptors (Lipinski definition) is 6. The van der Waals surface area contributed by atoms with Crippen LogP contribution in [-0.2, 0) is 6.54 Å². The van der Waals surface area contributed by atoms with E-state index in [1.165, 1.54) is 0 Å². The molecule has 2 N–H and O–H groups in total. The monoisotopic (exact) mass is 491 g/mol. The van der Waals surface area contributed by atoms with Crippen molar-refractivity contribution in [2.75, 3.05) is 26.7 Å². The number of aromatic carboxylic acids is 1. The number of rotatable bonds is 7. The minimum Gasteiger partial charge on any atom is -0.478 e. The largest absolute Gasteiger partial charge is 0.478 e. The number of aromatic nitrogens is 1. The summed E-state index contributed by atoms with van der Waals surface area (Å²) >= 11 is 0. The second kappa shape index (κ2) is 11.1. The van der Waals surface area contributed by atoms with Gasteiger partial charge in [-0.25, -0.2) is 9.78 Å². The third-order valence-corrected chi connectivity index (χ3v) is 6.64. The zero-order chi connectivity index (χ0) is 25.8. The van der Waals surface area contributed by atoms with E-state index in [1.807, 2.05) is 27.0 Å². The summed E-state index contributed by atoms with van der Waals surface area (Å²) in [6, 6.07) is 8.27. The van der Waals surface area contributed by atoms with Gasteiger partial charge in [0.05, 0.1) is 18.2 Å². The number of pyridine rings is 1. The molecule has 0 radical (unpaired) electrons. The van der Waals surface area contributed by atoms with Gasteiger partial charge in [0, 0.05) is 43.2 Å². The maximum absolute atomic E-state index is 13.5. The lowest BCUT2D eigenvalue weighted by molar-refractivity contribution is 0.0324. The number of benzene rings is 1. The molecule has 4 rings (SSSR count). The van der Waals surface area contributed by atoms with Crippen LogP contribution in [0.4, 0.5) is 0 Å². The molecule has 1 amide bonds. The molecule has 0 saturated heterocycles. The Morgan fingerprint density at radius 3 is 2.81 bits per heavy atom. The van der Waals surface area contributed by atoms with Crippen LogP contribution in [0.2, 0.25) is 0 Å². The Balaban J connectivity index is 1.58. The number of likely N-dealkylation sites (N-methyl/N-ethyl adjacent to an activating group) is 1. The van der Waals surface area contributed by atoms with E-state index in [9.17, 15) is 19.8 Å². The van der Waals surface area contributed by atoms with Crippen LogP contribution in [0.1, 0.15) is 58.5 Å². The molecule has 0 bridgehead atoms. The number of carbonyl (C=O) groups is 2. The summed E-state index contributed by atoms with van der Waals surface area (Å²) in [5.74, 6) is 5.81. The fraction of sp³-hybridized carbons (Fsp3) is 0.464. The molecule has 36 heavy (non-hydrogen) atoms. The van der Waals surface area contributed by atoms with Crippen molar-refractivity contribution < 1.29 is 24.5 Å². The Morgan fingerprint density at radius 1 is 1.33 bits per heavy atom. The van der Waals surface area contributed by atoms with Crippen molar-refractivity contribution in [3.63, 3.8) is 0 Å². The summed E-state index contributed by atoms with van der Waals surface area (Å²) < 4.78 is 6.34. The van der Waals surface area contributed by atoms with Crippen molar-refractivity contribution in [2.24, 2.45) is 11.8 Å². The Hall–Kier alpha value is -3.41. The second-order valence-electron chi connectivity index (χ2n) is 9.95. The summed E-state index contributed by atoms with van der Waals surface area (Å²) in [6.45, 7) is 5.21. The van der Waals surface area contributed by atoms with Crippen LogP contribution in [0.3, 0.4) is 0 Å². The number of aliphatic hydroxyl groups excluding tert-OH is 1. The number of nitrogens with zero attached hydrogens (tertiary/aromatic N) is 3. The van der Waals surface area contributed by atoms with Gasteiger partial charge in [-0.2, -0.15) is 0 Å². The highest BCUT2D eigenvalue weighted by molar-refractivity contribution is 5.97. The first kappa shape index (κ1) is 25.7. The number of carboxylic acids is 1. The zero-order valence-electron chi connectivity index (χ0n) is 21.0. The Bertz CT molecular complexity index is 1180. The highest BCUT2D eigenvalue weighted by atomic mass is 16.5. The predicted octanol–water partition coefficient (Wildman–Crippen LogP) is 2.89. The molecule has 1 aliphatic heterocycles. The van der Waals surface area contributed by atoms with Crippen LogP contribution in [0.15, 0.2) is 36.5 Å². The van der Waals surface area contributed by atoms with E-state index in [0.717, 1.165) is 18.4 Å². The van der Waals surface area contributed by atoms with Crippen LogP contribution < -0.4 is 4.74 Å². The summed E-state index contributed by atoms with van der Waals surface area (Å²) in [6.07, 6.45) is 3.59. The van der Waals surface area contributed by atoms with Crippen LogP contribution >= 0.6 is 0 Å². The first-order valence-electron chi connectivity index (χ1n) is 12.4. The van der Waals surface area contributed by atoms with Gasteiger partial charge in [0.25, 0.3) is 5.91 Å². The van der Waals surface area contributed by atoms with Crippen LogP contribution in [0.5, 0.6) is 5.88 Å². The quantitative estimate of drug-likeness (QED) is 0.574. The Morgan fingerprint density at radius 2 is 2.11 bits per heavy atom. The molecule has 2 aliphatic rings. The van der Waals surface area contributed by atoms with E-state index in [0.29, 0.717) is 36.7 Å². The van der Waals surface area contributed by atoms with Gasteiger partial charge in [-0.3, -0.25) is 9.69 Å². The molecule has 190 valence electrons. The number of fused-ring (bicyclic) bond motifs is 1. The van der Waals surface area contributed by atoms with Crippen molar-refractivity contribution in [2.45, 2.75) is 45.4 Å². The number of ether oxygens (including phenoxy) is 1. The minimum atomic E-state index is -0.955. The highest BCUT2D eigenvalue weighted by Crippen LogP contribution is 2.29. The molecule has 1 fully saturated rings. The highest BCUT2D eigenvalue weighted by Gasteiger charge is 2.34. The molecule has 1 aliphatic carbocycles. The van der Waals surface area contributed by atoms with Crippen LogP contribution in [-0.4, -0.2) is 75.8 Å². The number of aliphatic hydroxyl groups is 1. The average Bonchev–Trinajstić information content (AvgIpc) is 3.69. The number of carbonyl (C=O) groups excluding carboxylic acids is 1. The predicted molar refractivity (Wildman–Crippen MR) is 135 cm³/mol. The fourth-order valence-corrected chi connectivity index (χ4v) is 4.29. The maximum Gasteiger partial charge on any atom is 0.335 e. The standard InChI is InChI=1S/C28H33N3O5/c1-18-14-31(19(2)17-32)27(33)24-12-21(10-9-20-7-8-20)13-29-26(24)36-25(18)16-30(3)15-22-5-4-6-23(11-22)28(34)35/h4-6,11-13,18-20,25,32H,7-8,14-17H2,1-3H3,(H,34,35)/t18-,19-,25-/m1/s1. The van der Waals surface area contributed by atoms with Crippen LogP contribution in [0, 0.1) is 23.7 Å². The summed E-state index contributed by atoms with van der Waals surface area (Å²) in [5, 5.41) is 19.1. The van der Waals surface area contributed by atoms with E-state index in [4.69, 9.17) is 4.74 Å². The van der Waals surface area contributed by atoms with E-state index in [2.05, 4.69) is 21.7 Å². The minimum absolute atomic E-state index is 0.0416. The maximum atomic E-state index is 13.5. The Kier molecular flexibility index (Phi) is 7.92. The van der Waals surface area contributed by atoms with Gasteiger partial charge in [0.1, 0.15) is 11.7 Å². The van der Waals surface area contributed by atoms with Gasteiger partial charge in [-0.1, -0.05) is 30.9 Å². The molecule has 1 aromatic carbocycles. The lowest BCUT2D eigenvalue weighted by Crippen LogP contribution is -2.49.